The molecule has 0 fully saturated rings. The molecule has 0 N–H and O–H groups in total. The maximum absolute atomic E-state index is 4.71. The fourth-order valence-corrected chi connectivity index (χ4v) is 8.42. The third-order valence-corrected chi connectivity index (χ3v) is 11.2. The Bertz CT molecular complexity index is 2190. The van der Waals surface area contributed by atoms with E-state index in [-0.39, 0.29) is 0 Å². The second-order valence-electron chi connectivity index (χ2n) is 15.2. The van der Waals surface area contributed by atoms with E-state index in [4.69, 9.17) is 15.0 Å². The molecule has 0 aliphatic rings. The first-order chi connectivity index (χ1) is 27.8. The molecule has 0 radical (unpaired) electrons. The molecule has 0 saturated heterocycles. The van der Waals surface area contributed by atoms with E-state index in [2.05, 4.69) is 111 Å². The molecule has 57 heavy (non-hydrogen) atoms. The van der Waals surface area contributed by atoms with Crippen LogP contribution in [0.1, 0.15) is 87.5 Å². The number of hydrogen-bond acceptors (Lipinski definition) is 6. The number of aromatic nitrogens is 6. The molecule has 7 rings (SSSR count). The summed E-state index contributed by atoms with van der Waals surface area (Å²) in [6.45, 7) is 13.4. The van der Waals surface area contributed by atoms with Crippen LogP contribution in [0, 0.1) is 20.8 Å². The molecule has 0 unspecified atom stereocenters. The summed E-state index contributed by atoms with van der Waals surface area (Å²) in [6.07, 6.45) is 20.2. The molecule has 1 aromatic carbocycles. The minimum absolute atomic E-state index is 0.923. The van der Waals surface area contributed by atoms with Crippen LogP contribution in [-0.4, -0.2) is 29.9 Å². The molecule has 288 valence electrons. The van der Waals surface area contributed by atoms with Crippen molar-refractivity contribution in [3.63, 3.8) is 0 Å². The highest BCUT2D eigenvalue weighted by atomic mass is 14.8. The van der Waals surface area contributed by atoms with E-state index in [0.29, 0.717) is 0 Å². The van der Waals surface area contributed by atoms with E-state index in [1.807, 2.05) is 55.4 Å². The van der Waals surface area contributed by atoms with Gasteiger partial charge in [0.15, 0.2) is 0 Å². The van der Waals surface area contributed by atoms with E-state index < -0.39 is 0 Å². The van der Waals surface area contributed by atoms with Crippen LogP contribution >= 0.6 is 0 Å². The van der Waals surface area contributed by atoms with Gasteiger partial charge in [-0.2, -0.15) is 0 Å². The first kappa shape index (κ1) is 39.4. The summed E-state index contributed by atoms with van der Waals surface area (Å²) in [4.78, 5) is 28.0. The van der Waals surface area contributed by atoms with E-state index in [1.165, 1.54) is 66.8 Å². The standard InChI is InChI=1S/C51H54N6/c1-7-40-43(13-10-37-19-25-55-49(31-37)46-28-34(4)16-22-52-46)41(8-2)45(15-12-39-21-27-57-51(33-39)48-30-36(6)18-24-54-48)42(9-3)44(40)14-11-38-20-26-56-50(32-38)47-29-35(5)17-23-53-47/h16-33H,7-15H2,1-6H3. The van der Waals surface area contributed by atoms with Gasteiger partial charge in [0, 0.05) is 37.2 Å². The largest absolute Gasteiger partial charge is 0.255 e. The van der Waals surface area contributed by atoms with Gasteiger partial charge in [-0.25, -0.2) is 0 Å². The van der Waals surface area contributed by atoms with Crippen LogP contribution < -0.4 is 0 Å². The molecule has 6 nitrogen and oxygen atoms in total. The van der Waals surface area contributed by atoms with Crippen molar-refractivity contribution in [1.82, 2.24) is 29.9 Å². The number of aryl methyl sites for hydroxylation is 6. The average molecular weight is 751 g/mol. The highest BCUT2D eigenvalue weighted by Crippen LogP contribution is 2.34. The Hall–Kier alpha value is -5.88. The molecular formula is C51H54N6. The van der Waals surface area contributed by atoms with E-state index in [0.717, 1.165) is 92.0 Å². The maximum Gasteiger partial charge on any atom is 0.0888 e. The minimum Gasteiger partial charge on any atom is -0.255 e. The summed E-state index contributed by atoms with van der Waals surface area (Å²) in [6, 6.07) is 25.7. The van der Waals surface area contributed by atoms with Crippen molar-refractivity contribution in [3.8, 4) is 34.2 Å². The zero-order chi connectivity index (χ0) is 39.7. The van der Waals surface area contributed by atoms with Crippen LogP contribution in [-0.2, 0) is 57.8 Å². The maximum atomic E-state index is 4.71. The van der Waals surface area contributed by atoms with Crippen LogP contribution in [0.4, 0.5) is 0 Å². The lowest BCUT2D eigenvalue weighted by atomic mass is 9.78. The summed E-state index contributed by atoms with van der Waals surface area (Å²) >= 11 is 0. The lowest BCUT2D eigenvalue weighted by molar-refractivity contribution is 0.813. The predicted molar refractivity (Wildman–Crippen MR) is 233 cm³/mol. The van der Waals surface area contributed by atoms with Crippen molar-refractivity contribution in [1.29, 1.82) is 0 Å². The third kappa shape index (κ3) is 9.40. The summed E-state index contributed by atoms with van der Waals surface area (Å²) in [5.74, 6) is 0. The summed E-state index contributed by atoms with van der Waals surface area (Å²) in [5, 5.41) is 0. The summed E-state index contributed by atoms with van der Waals surface area (Å²) < 4.78 is 0. The van der Waals surface area contributed by atoms with Gasteiger partial charge in [-0.05, 0) is 218 Å². The number of nitrogens with zero attached hydrogens (tertiary/aromatic N) is 6. The van der Waals surface area contributed by atoms with Crippen molar-refractivity contribution in [3.05, 3.63) is 177 Å². The molecular weight excluding hydrogens is 697 g/mol. The van der Waals surface area contributed by atoms with Gasteiger partial charge < -0.3 is 0 Å². The third-order valence-electron chi connectivity index (χ3n) is 11.2. The van der Waals surface area contributed by atoms with Gasteiger partial charge >= 0.3 is 0 Å². The molecule has 0 aliphatic heterocycles. The molecule has 7 aromatic rings. The lowest BCUT2D eigenvalue weighted by Gasteiger charge is -2.27. The van der Waals surface area contributed by atoms with Crippen LogP contribution in [0.15, 0.2) is 110 Å². The second kappa shape index (κ2) is 18.4. The Kier molecular flexibility index (Phi) is 12.7. The van der Waals surface area contributed by atoms with Gasteiger partial charge in [0.2, 0.25) is 0 Å². The number of hydrogen-bond donors (Lipinski definition) is 0. The highest BCUT2D eigenvalue weighted by molar-refractivity contribution is 5.59. The van der Waals surface area contributed by atoms with Crippen LogP contribution in [0.5, 0.6) is 0 Å². The number of pyridine rings is 6. The Morgan fingerprint density at radius 1 is 0.298 bits per heavy atom. The SMILES string of the molecule is CCc1c(CCc2ccnc(-c3cc(C)ccn3)c2)c(CC)c(CCc2ccnc(-c3cc(C)ccn3)c2)c(CC)c1CCc1ccnc(-c2cc(C)ccn2)c1. The number of rotatable bonds is 15. The van der Waals surface area contributed by atoms with Crippen LogP contribution in [0.3, 0.4) is 0 Å². The van der Waals surface area contributed by atoms with Gasteiger partial charge in [0.1, 0.15) is 0 Å². The molecule has 0 spiro atoms. The Morgan fingerprint density at radius 3 is 0.789 bits per heavy atom. The normalized spacial score (nSPS) is 11.3. The van der Waals surface area contributed by atoms with Gasteiger partial charge in [0.25, 0.3) is 0 Å². The van der Waals surface area contributed by atoms with Gasteiger partial charge in [0.05, 0.1) is 34.2 Å². The van der Waals surface area contributed by atoms with Crippen LogP contribution in [0.2, 0.25) is 0 Å². The van der Waals surface area contributed by atoms with Gasteiger partial charge in [-0.15, -0.1) is 0 Å². The molecule has 0 amide bonds. The van der Waals surface area contributed by atoms with E-state index in [9.17, 15) is 0 Å². The fourth-order valence-electron chi connectivity index (χ4n) is 8.42. The summed E-state index contributed by atoms with van der Waals surface area (Å²) in [5.41, 5.74) is 22.2. The smallest absolute Gasteiger partial charge is 0.0888 e. The zero-order valence-corrected chi connectivity index (χ0v) is 34.4. The lowest BCUT2D eigenvalue weighted by Crippen LogP contribution is -2.15. The van der Waals surface area contributed by atoms with E-state index in [1.54, 1.807) is 0 Å². The molecule has 0 aliphatic carbocycles. The minimum atomic E-state index is 0.923. The zero-order valence-electron chi connectivity index (χ0n) is 34.4. The quantitative estimate of drug-likeness (QED) is 0.104. The Balaban J connectivity index is 1.25. The first-order valence-electron chi connectivity index (χ1n) is 20.6. The Labute approximate surface area is 339 Å². The van der Waals surface area contributed by atoms with Crippen molar-refractivity contribution in [2.45, 2.75) is 99.3 Å². The van der Waals surface area contributed by atoms with Crippen molar-refractivity contribution in [2.75, 3.05) is 0 Å². The van der Waals surface area contributed by atoms with Crippen LogP contribution in [0.25, 0.3) is 34.2 Å². The average Bonchev–Trinajstić information content (AvgIpc) is 3.24. The van der Waals surface area contributed by atoms with Crippen molar-refractivity contribution < 1.29 is 0 Å². The first-order valence-corrected chi connectivity index (χ1v) is 20.6. The molecule has 0 atom stereocenters. The highest BCUT2D eigenvalue weighted by Gasteiger charge is 2.22. The van der Waals surface area contributed by atoms with E-state index >= 15 is 0 Å². The number of benzene rings is 1. The van der Waals surface area contributed by atoms with Crippen molar-refractivity contribution >= 4 is 0 Å². The fraction of sp³-hybridized carbons (Fsp3) is 0.294. The predicted octanol–water partition coefficient (Wildman–Crippen LogP) is 11.0. The van der Waals surface area contributed by atoms with Gasteiger partial charge in [-0.1, -0.05) is 20.8 Å². The molecule has 0 saturated carbocycles. The topological polar surface area (TPSA) is 77.3 Å². The second-order valence-corrected chi connectivity index (χ2v) is 15.2. The van der Waals surface area contributed by atoms with Gasteiger partial charge in [-0.3, -0.25) is 29.9 Å². The molecule has 6 aromatic heterocycles. The molecule has 6 heteroatoms. The molecule has 0 bridgehead atoms. The molecule has 6 heterocycles. The van der Waals surface area contributed by atoms with Crippen molar-refractivity contribution in [2.24, 2.45) is 0 Å². The Morgan fingerprint density at radius 2 is 0.544 bits per heavy atom. The summed E-state index contributed by atoms with van der Waals surface area (Å²) in [7, 11) is 0. The monoisotopic (exact) mass is 750 g/mol.